The Morgan fingerprint density at radius 1 is 1.23 bits per heavy atom. The van der Waals surface area contributed by atoms with Gasteiger partial charge in [-0.3, -0.25) is 4.99 Å². The van der Waals surface area contributed by atoms with Gasteiger partial charge in [0, 0.05) is 19.6 Å². The lowest BCUT2D eigenvalue weighted by molar-refractivity contribution is 0.370. The van der Waals surface area contributed by atoms with Crippen LogP contribution in [0.15, 0.2) is 29.3 Å². The van der Waals surface area contributed by atoms with Gasteiger partial charge >= 0.3 is 0 Å². The molecule has 0 heterocycles. The third kappa shape index (κ3) is 7.58. The van der Waals surface area contributed by atoms with Crippen LogP contribution in [0, 0.1) is 12.3 Å². The van der Waals surface area contributed by atoms with Crippen molar-refractivity contribution in [3.05, 3.63) is 29.8 Å². The van der Waals surface area contributed by atoms with E-state index in [4.69, 9.17) is 11.2 Å². The summed E-state index contributed by atoms with van der Waals surface area (Å²) in [6, 6.07) is 8.03. The first-order valence-corrected chi connectivity index (χ1v) is 7.97. The predicted molar refractivity (Wildman–Crippen MR) is 93.4 cm³/mol. The molecule has 0 radical (unpaired) electrons. The van der Waals surface area contributed by atoms with E-state index in [0.717, 1.165) is 50.6 Å². The minimum atomic E-state index is 0.307. The molecule has 1 aromatic rings. The zero-order valence-electron chi connectivity index (χ0n) is 13.7. The minimum absolute atomic E-state index is 0.307. The van der Waals surface area contributed by atoms with Crippen molar-refractivity contribution in [2.24, 2.45) is 4.99 Å². The summed E-state index contributed by atoms with van der Waals surface area (Å²) < 4.78 is 5.36. The zero-order chi connectivity index (χ0) is 16.0. The fourth-order valence-electron chi connectivity index (χ4n) is 1.89. The van der Waals surface area contributed by atoms with Crippen LogP contribution < -0.4 is 15.4 Å². The molecule has 120 valence electrons. The number of aliphatic imine (C=N–C) groups is 1. The number of hydrogen-bond acceptors (Lipinski definition) is 2. The van der Waals surface area contributed by atoms with Crippen molar-refractivity contribution in [1.29, 1.82) is 0 Å². The van der Waals surface area contributed by atoms with Gasteiger partial charge in [0.2, 0.25) is 0 Å². The molecule has 0 aliphatic heterocycles. The summed E-state index contributed by atoms with van der Waals surface area (Å²) in [5.41, 5.74) is 1.25. The van der Waals surface area contributed by atoms with Crippen molar-refractivity contribution in [1.82, 2.24) is 10.6 Å². The van der Waals surface area contributed by atoms with Crippen LogP contribution in [0.5, 0.6) is 5.75 Å². The zero-order valence-corrected chi connectivity index (χ0v) is 13.7. The fraction of sp³-hybridized carbons (Fsp3) is 0.500. The lowest BCUT2D eigenvalue weighted by Crippen LogP contribution is -2.38. The maximum absolute atomic E-state index is 5.36. The van der Waals surface area contributed by atoms with E-state index >= 15 is 0 Å². The Balaban J connectivity index is 2.37. The van der Waals surface area contributed by atoms with Crippen LogP contribution in [-0.4, -0.2) is 32.2 Å². The summed E-state index contributed by atoms with van der Waals surface area (Å²) in [5, 5.41) is 6.62. The highest BCUT2D eigenvalue weighted by atomic mass is 16.5. The topological polar surface area (TPSA) is 45.6 Å². The van der Waals surface area contributed by atoms with Crippen LogP contribution in [0.3, 0.4) is 0 Å². The average molecular weight is 301 g/mol. The average Bonchev–Trinajstić information content (AvgIpc) is 2.54. The number of hydrogen-bond donors (Lipinski definition) is 2. The Hall–Kier alpha value is -2.15. The summed E-state index contributed by atoms with van der Waals surface area (Å²) >= 11 is 0. The Labute approximate surface area is 134 Å². The molecule has 4 heteroatoms. The molecule has 0 spiro atoms. The van der Waals surface area contributed by atoms with Gasteiger partial charge in [-0.2, -0.15) is 0 Å². The maximum Gasteiger partial charge on any atom is 0.191 e. The van der Waals surface area contributed by atoms with Gasteiger partial charge in [0.1, 0.15) is 12.4 Å². The molecule has 0 fully saturated rings. The highest BCUT2D eigenvalue weighted by molar-refractivity contribution is 5.79. The second-order valence-corrected chi connectivity index (χ2v) is 4.93. The Bertz CT molecular complexity index is 474. The Kier molecular flexibility index (Phi) is 9.36. The van der Waals surface area contributed by atoms with E-state index in [-0.39, 0.29) is 0 Å². The van der Waals surface area contributed by atoms with Crippen LogP contribution >= 0.6 is 0 Å². The number of guanidine groups is 1. The van der Waals surface area contributed by atoms with Crippen molar-refractivity contribution in [3.63, 3.8) is 0 Å². The van der Waals surface area contributed by atoms with Crippen molar-refractivity contribution < 1.29 is 4.74 Å². The molecule has 4 nitrogen and oxygen atoms in total. The van der Waals surface area contributed by atoms with E-state index in [1.54, 1.807) is 0 Å². The number of nitrogens with zero attached hydrogens (tertiary/aromatic N) is 1. The number of benzene rings is 1. The highest BCUT2D eigenvalue weighted by Gasteiger charge is 1.98. The van der Waals surface area contributed by atoms with Gasteiger partial charge in [-0.1, -0.05) is 31.4 Å². The quantitative estimate of drug-likeness (QED) is 0.319. The molecule has 0 saturated heterocycles. The molecule has 0 aromatic heterocycles. The van der Waals surface area contributed by atoms with Crippen LogP contribution in [0.4, 0.5) is 0 Å². The van der Waals surface area contributed by atoms with Crippen LogP contribution in [-0.2, 0) is 6.42 Å². The molecule has 22 heavy (non-hydrogen) atoms. The second kappa shape index (κ2) is 11.5. The van der Waals surface area contributed by atoms with Gasteiger partial charge in [-0.25, -0.2) is 0 Å². The van der Waals surface area contributed by atoms with E-state index in [9.17, 15) is 0 Å². The molecular formula is C18H27N3O. The van der Waals surface area contributed by atoms with Gasteiger partial charge in [0.25, 0.3) is 0 Å². The number of unbranched alkanes of at least 4 members (excludes halogenated alkanes) is 1. The number of ether oxygens (including phenoxy) is 1. The van der Waals surface area contributed by atoms with Crippen LogP contribution in [0.25, 0.3) is 0 Å². The first kappa shape index (κ1) is 17.9. The first-order valence-electron chi connectivity index (χ1n) is 7.97. The molecule has 1 rings (SSSR count). The molecule has 2 N–H and O–H groups in total. The van der Waals surface area contributed by atoms with E-state index in [2.05, 4.69) is 47.5 Å². The van der Waals surface area contributed by atoms with Crippen molar-refractivity contribution in [3.8, 4) is 18.1 Å². The highest BCUT2D eigenvalue weighted by Crippen LogP contribution is 2.12. The molecule has 0 aliphatic carbocycles. The Morgan fingerprint density at radius 3 is 2.64 bits per heavy atom. The van der Waals surface area contributed by atoms with E-state index in [1.165, 1.54) is 5.56 Å². The lowest BCUT2D eigenvalue weighted by Gasteiger charge is -2.11. The molecule has 0 aliphatic rings. The number of terminal acetylenes is 1. The predicted octanol–water partition coefficient (Wildman–Crippen LogP) is 2.60. The van der Waals surface area contributed by atoms with Gasteiger partial charge in [-0.15, -0.1) is 6.42 Å². The standard InChI is InChI=1S/C18H27N3O/c1-4-7-13-20-18(19-6-3)21-14-12-16-8-10-17(11-9-16)22-15-5-2/h2,8-11H,4,6-7,12-15H2,1,3H3,(H2,19,20,21). The van der Waals surface area contributed by atoms with Crippen molar-refractivity contribution in [2.45, 2.75) is 33.1 Å². The summed E-state index contributed by atoms with van der Waals surface area (Å²) in [6.07, 6.45) is 8.39. The second-order valence-electron chi connectivity index (χ2n) is 4.93. The first-order chi connectivity index (χ1) is 10.8. The molecule has 0 atom stereocenters. The summed E-state index contributed by atoms with van der Waals surface area (Å²) in [4.78, 5) is 4.54. The molecule has 0 bridgehead atoms. The maximum atomic E-state index is 5.36. The fourth-order valence-corrected chi connectivity index (χ4v) is 1.89. The molecule has 0 saturated carbocycles. The SMILES string of the molecule is C#CCOc1ccc(CCNC(=NCCCC)NCC)cc1. The van der Waals surface area contributed by atoms with Crippen molar-refractivity contribution >= 4 is 5.96 Å². The lowest BCUT2D eigenvalue weighted by atomic mass is 10.1. The smallest absolute Gasteiger partial charge is 0.191 e. The molecule has 0 unspecified atom stereocenters. The van der Waals surface area contributed by atoms with Crippen LogP contribution in [0.2, 0.25) is 0 Å². The summed E-state index contributed by atoms with van der Waals surface area (Å²) in [6.45, 7) is 7.15. The van der Waals surface area contributed by atoms with E-state index in [1.807, 2.05) is 12.1 Å². The third-order valence-corrected chi connectivity index (χ3v) is 3.08. The van der Waals surface area contributed by atoms with Crippen molar-refractivity contribution in [2.75, 3.05) is 26.2 Å². The van der Waals surface area contributed by atoms with Crippen LogP contribution in [0.1, 0.15) is 32.3 Å². The molecule has 0 amide bonds. The Morgan fingerprint density at radius 2 is 2.00 bits per heavy atom. The van der Waals surface area contributed by atoms with Gasteiger partial charge in [0.15, 0.2) is 5.96 Å². The normalized spacial score (nSPS) is 10.9. The van der Waals surface area contributed by atoms with Gasteiger partial charge < -0.3 is 15.4 Å². The summed E-state index contributed by atoms with van der Waals surface area (Å²) in [7, 11) is 0. The summed E-state index contributed by atoms with van der Waals surface area (Å²) in [5.74, 6) is 4.16. The minimum Gasteiger partial charge on any atom is -0.481 e. The van der Waals surface area contributed by atoms with E-state index in [0.29, 0.717) is 6.61 Å². The van der Waals surface area contributed by atoms with Gasteiger partial charge in [-0.05, 0) is 37.5 Å². The van der Waals surface area contributed by atoms with Gasteiger partial charge in [0.05, 0.1) is 0 Å². The molecule has 1 aromatic carbocycles. The van der Waals surface area contributed by atoms with E-state index < -0.39 is 0 Å². The molecular weight excluding hydrogens is 274 g/mol. The third-order valence-electron chi connectivity index (χ3n) is 3.08. The number of rotatable bonds is 9. The largest absolute Gasteiger partial charge is 0.481 e. The number of nitrogens with one attached hydrogen (secondary N) is 2. The monoisotopic (exact) mass is 301 g/mol.